The predicted octanol–water partition coefficient (Wildman–Crippen LogP) is 4.69. The monoisotopic (exact) mass is 743 g/mol. The molecule has 2 heterocycles. The third kappa shape index (κ3) is 11.0. The van der Waals surface area contributed by atoms with Gasteiger partial charge >= 0.3 is 0 Å². The predicted molar refractivity (Wildman–Crippen MR) is 198 cm³/mol. The molecule has 13 heteroatoms. The normalized spacial score (nSPS) is 20.2. The molecule has 0 aromatic heterocycles. The summed E-state index contributed by atoms with van der Waals surface area (Å²) in [6.45, 7) is 5.85. The summed E-state index contributed by atoms with van der Waals surface area (Å²) < 4.78 is 26.6. The van der Waals surface area contributed by atoms with Crippen LogP contribution in [0.4, 0.5) is 0 Å². The molecule has 2 fully saturated rings. The molecule has 2 amide bonds. The molecule has 2 aromatic carbocycles. The first-order chi connectivity index (χ1) is 22.1. The summed E-state index contributed by atoms with van der Waals surface area (Å²) in [4.78, 5) is 31.9. The molecule has 3 atom stereocenters. The van der Waals surface area contributed by atoms with Crippen LogP contribution in [0.25, 0.3) is 0 Å². The van der Waals surface area contributed by atoms with Crippen LogP contribution in [0, 0.1) is 5.92 Å². The number of rotatable bonds is 12. The van der Waals surface area contributed by atoms with E-state index in [4.69, 9.17) is 11.6 Å². The first kappa shape index (κ1) is 40.5. The SMILES string of the molecule is CCN(CC(CC1CCCCC1)N1CCN(C(=O)C(Cc2ccc(Cl)cc2)NC(=O)C2Cc3ccccc3CN2)CC1)S(C)(=O)=O.Cl.Cl. The molecule has 5 rings (SSSR count). The van der Waals surface area contributed by atoms with Crippen LogP contribution < -0.4 is 10.6 Å². The maximum atomic E-state index is 14.1. The molecule has 48 heavy (non-hydrogen) atoms. The summed E-state index contributed by atoms with van der Waals surface area (Å²) in [7, 11) is -3.31. The van der Waals surface area contributed by atoms with Gasteiger partial charge in [-0.3, -0.25) is 14.5 Å². The van der Waals surface area contributed by atoms with Crippen molar-refractivity contribution < 1.29 is 18.0 Å². The first-order valence-electron chi connectivity index (χ1n) is 16.9. The molecule has 1 aliphatic carbocycles. The fraction of sp³-hybridized carbons (Fsp3) is 0.600. The maximum absolute atomic E-state index is 14.1. The van der Waals surface area contributed by atoms with Crippen molar-refractivity contribution in [3.05, 3.63) is 70.2 Å². The Balaban J connectivity index is 0.00000312. The van der Waals surface area contributed by atoms with Gasteiger partial charge in [0.2, 0.25) is 21.8 Å². The lowest BCUT2D eigenvalue weighted by atomic mass is 9.84. The van der Waals surface area contributed by atoms with Gasteiger partial charge in [0.1, 0.15) is 6.04 Å². The summed E-state index contributed by atoms with van der Waals surface area (Å²) in [5, 5.41) is 7.07. The van der Waals surface area contributed by atoms with E-state index in [0.29, 0.717) is 69.6 Å². The minimum Gasteiger partial charge on any atom is -0.343 e. The van der Waals surface area contributed by atoms with Gasteiger partial charge in [-0.2, -0.15) is 0 Å². The molecule has 268 valence electrons. The van der Waals surface area contributed by atoms with Gasteiger partial charge in [-0.05, 0) is 47.6 Å². The van der Waals surface area contributed by atoms with Crippen molar-refractivity contribution in [2.45, 2.75) is 83.0 Å². The van der Waals surface area contributed by atoms with Gasteiger partial charge < -0.3 is 15.5 Å². The standard InChI is InChI=1S/C35H50ClN5O4S.2ClH/c1-3-41(46(2,44)45)25-31(21-26-9-5-4-6-10-26)39-17-19-40(20-18-39)35(43)33(22-27-13-15-30(36)16-14-27)38-34(42)32-23-28-11-7-8-12-29(28)24-37-32;;/h7-8,11-16,26,31-33,37H,3-6,9-10,17-25H2,1-2H3,(H,38,42);2*1H. The summed E-state index contributed by atoms with van der Waals surface area (Å²) in [5.74, 6) is 0.346. The molecule has 3 aliphatic rings. The van der Waals surface area contributed by atoms with Crippen molar-refractivity contribution in [3.8, 4) is 0 Å². The zero-order valence-electron chi connectivity index (χ0n) is 28.1. The van der Waals surface area contributed by atoms with E-state index in [2.05, 4.69) is 27.7 Å². The lowest BCUT2D eigenvalue weighted by Gasteiger charge is -2.42. The van der Waals surface area contributed by atoms with Crippen molar-refractivity contribution in [2.75, 3.05) is 45.5 Å². The number of nitrogens with zero attached hydrogens (tertiary/aromatic N) is 3. The summed E-state index contributed by atoms with van der Waals surface area (Å²) in [6.07, 6.45) is 9.39. The Bertz CT molecular complexity index is 1430. The number of hydrogen-bond donors (Lipinski definition) is 2. The highest BCUT2D eigenvalue weighted by Crippen LogP contribution is 2.30. The zero-order chi connectivity index (χ0) is 32.7. The highest BCUT2D eigenvalue weighted by Gasteiger charge is 2.35. The van der Waals surface area contributed by atoms with Crippen LogP contribution in [0.15, 0.2) is 48.5 Å². The molecule has 2 aromatic rings. The second-order valence-electron chi connectivity index (χ2n) is 13.3. The van der Waals surface area contributed by atoms with Crippen molar-refractivity contribution >= 4 is 58.3 Å². The number of hydrogen-bond acceptors (Lipinski definition) is 6. The summed E-state index contributed by atoms with van der Waals surface area (Å²) in [5.41, 5.74) is 3.27. The molecular formula is C35H52Cl3N5O4S. The van der Waals surface area contributed by atoms with Gasteiger partial charge in [0.25, 0.3) is 0 Å². The number of carbonyl (C=O) groups is 2. The van der Waals surface area contributed by atoms with E-state index in [1.165, 1.54) is 43.9 Å². The van der Waals surface area contributed by atoms with E-state index in [1.54, 1.807) is 16.4 Å². The van der Waals surface area contributed by atoms with Gasteiger partial charge in [0.05, 0.1) is 12.3 Å². The number of carbonyl (C=O) groups excluding carboxylic acids is 2. The molecule has 2 aliphatic heterocycles. The Kier molecular flexibility index (Phi) is 15.9. The van der Waals surface area contributed by atoms with Crippen LogP contribution in [0.3, 0.4) is 0 Å². The minimum atomic E-state index is -3.31. The third-order valence-corrected chi connectivity index (χ3v) is 11.7. The minimum absolute atomic E-state index is 0. The highest BCUT2D eigenvalue weighted by atomic mass is 35.5. The van der Waals surface area contributed by atoms with Crippen molar-refractivity contribution in [1.82, 2.24) is 24.7 Å². The van der Waals surface area contributed by atoms with Gasteiger partial charge in [0.15, 0.2) is 0 Å². The Morgan fingerprint density at radius 1 is 0.979 bits per heavy atom. The average Bonchev–Trinajstić information content (AvgIpc) is 3.06. The van der Waals surface area contributed by atoms with Crippen molar-refractivity contribution in [3.63, 3.8) is 0 Å². The Hall–Kier alpha value is -1.92. The smallest absolute Gasteiger partial charge is 0.245 e. The fourth-order valence-corrected chi connectivity index (χ4v) is 8.41. The number of likely N-dealkylation sites (N-methyl/N-ethyl adjacent to an activating group) is 1. The van der Waals surface area contributed by atoms with E-state index in [-0.39, 0.29) is 42.7 Å². The largest absolute Gasteiger partial charge is 0.343 e. The maximum Gasteiger partial charge on any atom is 0.245 e. The zero-order valence-corrected chi connectivity index (χ0v) is 31.3. The van der Waals surface area contributed by atoms with E-state index in [9.17, 15) is 18.0 Å². The van der Waals surface area contributed by atoms with Crippen molar-refractivity contribution in [2.24, 2.45) is 5.92 Å². The quantitative estimate of drug-likeness (QED) is 0.327. The first-order valence-corrected chi connectivity index (χ1v) is 19.2. The Morgan fingerprint density at radius 2 is 1.62 bits per heavy atom. The number of nitrogens with one attached hydrogen (secondary N) is 2. The van der Waals surface area contributed by atoms with Crippen LogP contribution in [-0.2, 0) is 39.0 Å². The van der Waals surface area contributed by atoms with Gasteiger partial charge in [-0.15, -0.1) is 24.8 Å². The van der Waals surface area contributed by atoms with Crippen molar-refractivity contribution in [1.29, 1.82) is 0 Å². The molecular weight excluding hydrogens is 693 g/mol. The molecule has 1 saturated carbocycles. The van der Waals surface area contributed by atoms with Crippen LogP contribution >= 0.6 is 36.4 Å². The van der Waals surface area contributed by atoms with E-state index >= 15 is 0 Å². The summed E-state index contributed by atoms with van der Waals surface area (Å²) >= 11 is 6.13. The van der Waals surface area contributed by atoms with E-state index in [1.807, 2.05) is 36.1 Å². The van der Waals surface area contributed by atoms with Crippen LogP contribution in [0.5, 0.6) is 0 Å². The number of piperazine rings is 1. The summed E-state index contributed by atoms with van der Waals surface area (Å²) in [6, 6.07) is 14.5. The van der Waals surface area contributed by atoms with Crippen LogP contribution in [-0.4, -0.2) is 98.0 Å². The third-order valence-electron chi connectivity index (χ3n) is 10.1. The lowest BCUT2D eigenvalue weighted by molar-refractivity contribution is -0.138. The highest BCUT2D eigenvalue weighted by molar-refractivity contribution is 7.88. The molecule has 9 nitrogen and oxygen atoms in total. The molecule has 2 N–H and O–H groups in total. The topological polar surface area (TPSA) is 102 Å². The number of amides is 2. The Labute approximate surface area is 304 Å². The number of halogens is 3. The molecule has 0 spiro atoms. The average molecular weight is 745 g/mol. The fourth-order valence-electron chi connectivity index (χ4n) is 7.38. The number of sulfonamides is 1. The molecule has 0 radical (unpaired) electrons. The van der Waals surface area contributed by atoms with Gasteiger partial charge in [-0.1, -0.05) is 87.0 Å². The molecule has 1 saturated heterocycles. The Morgan fingerprint density at radius 3 is 2.25 bits per heavy atom. The molecule has 3 unspecified atom stereocenters. The second kappa shape index (κ2) is 18.9. The van der Waals surface area contributed by atoms with Crippen LogP contribution in [0.2, 0.25) is 5.02 Å². The number of fused-ring (bicyclic) bond motifs is 1. The second-order valence-corrected chi connectivity index (χ2v) is 15.7. The van der Waals surface area contributed by atoms with Gasteiger partial charge in [0, 0.05) is 63.3 Å². The number of benzene rings is 2. The van der Waals surface area contributed by atoms with E-state index < -0.39 is 22.1 Å². The lowest BCUT2D eigenvalue weighted by Crippen LogP contribution is -2.60. The van der Waals surface area contributed by atoms with Gasteiger partial charge in [-0.25, -0.2) is 12.7 Å². The van der Waals surface area contributed by atoms with Crippen LogP contribution in [0.1, 0.15) is 62.1 Å². The van der Waals surface area contributed by atoms with E-state index in [0.717, 1.165) is 17.5 Å². The molecule has 0 bridgehead atoms.